The Labute approximate surface area is 185 Å². The molecule has 3 rings (SSSR count). The number of carbonyl (C=O) groups excluding carboxylic acids is 2. The molecule has 0 saturated carbocycles. The van der Waals surface area contributed by atoms with Gasteiger partial charge >= 0.3 is 0 Å². The van der Waals surface area contributed by atoms with Crippen LogP contribution in [0.4, 0.5) is 5.69 Å². The first-order valence-electron chi connectivity index (χ1n) is 9.79. The summed E-state index contributed by atoms with van der Waals surface area (Å²) in [5, 5.41) is 15.8. The van der Waals surface area contributed by atoms with Gasteiger partial charge in [0, 0.05) is 25.8 Å². The molecule has 2 N–H and O–H groups in total. The highest BCUT2D eigenvalue weighted by Crippen LogP contribution is 2.34. The fourth-order valence-corrected chi connectivity index (χ4v) is 4.24. The first kappa shape index (κ1) is 22.6. The van der Waals surface area contributed by atoms with Crippen LogP contribution in [0.1, 0.15) is 25.7 Å². The Balaban J connectivity index is 1.56. The normalized spacial score (nSPS) is 23.3. The number of rotatable bonds is 7. The maximum atomic E-state index is 12.7. The average Bonchev–Trinajstić information content (AvgIpc) is 3.38. The molecule has 3 atom stereocenters. The maximum absolute atomic E-state index is 12.7. The van der Waals surface area contributed by atoms with Crippen molar-refractivity contribution in [1.29, 1.82) is 5.26 Å². The first-order chi connectivity index (χ1) is 14.4. The number of carbonyl (C=O) groups is 2. The number of likely N-dealkylation sites (tertiary alicyclic amines) is 1. The zero-order valence-electron chi connectivity index (χ0n) is 16.6. The molecule has 8 nitrogen and oxygen atoms in total. The van der Waals surface area contributed by atoms with Crippen molar-refractivity contribution in [2.75, 3.05) is 32.2 Å². The molecule has 0 bridgehead atoms. The number of hydrogen-bond acceptors (Lipinski definition) is 6. The molecule has 1 aromatic rings. The fourth-order valence-electron chi connectivity index (χ4n) is 3.75. The number of hydrogen-bond donors (Lipinski definition) is 2. The summed E-state index contributed by atoms with van der Waals surface area (Å²) < 4.78 is 10.6. The third-order valence-corrected chi connectivity index (χ3v) is 5.84. The Morgan fingerprint density at radius 3 is 2.83 bits per heavy atom. The highest BCUT2D eigenvalue weighted by Gasteiger charge is 2.37. The van der Waals surface area contributed by atoms with Gasteiger partial charge in [-0.1, -0.05) is 23.2 Å². The van der Waals surface area contributed by atoms with Crippen LogP contribution in [-0.2, 0) is 14.3 Å². The van der Waals surface area contributed by atoms with Crippen LogP contribution in [0.5, 0.6) is 5.75 Å². The fraction of sp³-hybridized carbons (Fsp3) is 0.550. The summed E-state index contributed by atoms with van der Waals surface area (Å²) in [5.41, 5.74) is 0.377. The summed E-state index contributed by atoms with van der Waals surface area (Å²) in [5.74, 6) is 0.0211. The largest absolute Gasteiger partial charge is 0.490 e. The number of nitrogens with one attached hydrogen (secondary N) is 2. The minimum Gasteiger partial charge on any atom is -0.490 e. The average molecular weight is 455 g/mol. The van der Waals surface area contributed by atoms with E-state index in [4.69, 9.17) is 32.7 Å². The van der Waals surface area contributed by atoms with Crippen molar-refractivity contribution in [2.24, 2.45) is 0 Å². The molecular weight excluding hydrogens is 431 g/mol. The van der Waals surface area contributed by atoms with E-state index in [2.05, 4.69) is 16.7 Å². The van der Waals surface area contributed by atoms with Crippen molar-refractivity contribution in [3.8, 4) is 11.8 Å². The van der Waals surface area contributed by atoms with Crippen molar-refractivity contribution in [3.05, 3.63) is 22.2 Å². The smallest absolute Gasteiger partial charge is 0.250 e. The van der Waals surface area contributed by atoms with E-state index in [0.717, 1.165) is 19.3 Å². The van der Waals surface area contributed by atoms with E-state index in [-0.39, 0.29) is 36.5 Å². The van der Waals surface area contributed by atoms with E-state index >= 15 is 0 Å². The van der Waals surface area contributed by atoms with E-state index in [9.17, 15) is 14.9 Å². The molecule has 0 spiro atoms. The molecule has 162 valence electrons. The lowest BCUT2D eigenvalue weighted by atomic mass is 10.1. The zero-order chi connectivity index (χ0) is 21.7. The highest BCUT2D eigenvalue weighted by atomic mass is 35.5. The number of benzene rings is 1. The topological polar surface area (TPSA) is 104 Å². The Hall–Kier alpha value is -2.05. The molecule has 2 amide bonds. The van der Waals surface area contributed by atoms with Gasteiger partial charge < -0.3 is 19.7 Å². The summed E-state index contributed by atoms with van der Waals surface area (Å²) >= 11 is 12.4. The minimum atomic E-state index is -0.343. The molecule has 2 aliphatic heterocycles. The Morgan fingerprint density at radius 2 is 2.10 bits per heavy atom. The molecule has 2 aliphatic rings. The number of anilines is 1. The summed E-state index contributed by atoms with van der Waals surface area (Å²) in [6.07, 6.45) is 3.06. The second kappa shape index (κ2) is 10.3. The predicted molar refractivity (Wildman–Crippen MR) is 113 cm³/mol. The lowest BCUT2D eigenvalue weighted by molar-refractivity contribution is -0.133. The lowest BCUT2D eigenvalue weighted by Gasteiger charge is -2.24. The van der Waals surface area contributed by atoms with Gasteiger partial charge in [0.15, 0.2) is 0 Å². The van der Waals surface area contributed by atoms with Crippen molar-refractivity contribution in [2.45, 2.75) is 43.8 Å². The third-order valence-electron chi connectivity index (χ3n) is 5.23. The summed E-state index contributed by atoms with van der Waals surface area (Å²) in [7, 11) is 1.42. The maximum Gasteiger partial charge on any atom is 0.250 e. The van der Waals surface area contributed by atoms with Crippen LogP contribution in [-0.4, -0.2) is 61.7 Å². The van der Waals surface area contributed by atoms with Crippen LogP contribution in [0, 0.1) is 11.3 Å². The minimum absolute atomic E-state index is 0.0192. The quantitative estimate of drug-likeness (QED) is 0.655. The zero-order valence-corrected chi connectivity index (χ0v) is 18.1. The lowest BCUT2D eigenvalue weighted by Crippen LogP contribution is -2.47. The Kier molecular flexibility index (Phi) is 7.78. The van der Waals surface area contributed by atoms with Crippen molar-refractivity contribution < 1.29 is 19.1 Å². The second-order valence-corrected chi connectivity index (χ2v) is 8.18. The monoisotopic (exact) mass is 454 g/mol. The second-order valence-electron chi connectivity index (χ2n) is 7.37. The standard InChI is InChI=1S/C20H24Cl2N4O4/c1-29-11-19(27)25-17-8-18(15(22)7-14(17)21)30-10-12-4-5-16(24-12)20(28)26-6-2-3-13(26)9-23/h7-8,12-13,16,24H,2-6,10-11H2,1H3,(H,25,27)/t12-,13+,16+/m1/s1. The Bertz CT molecular complexity index is 845. The summed E-state index contributed by atoms with van der Waals surface area (Å²) in [6, 6.07) is 4.61. The molecule has 0 aliphatic carbocycles. The SMILES string of the molecule is COCC(=O)Nc1cc(OC[C@H]2CC[C@@H](C(=O)N3CCC[C@H]3C#N)N2)c(Cl)cc1Cl. The van der Waals surface area contributed by atoms with E-state index in [1.807, 2.05) is 0 Å². The van der Waals surface area contributed by atoms with Crippen LogP contribution in [0.3, 0.4) is 0 Å². The number of methoxy groups -OCH3 is 1. The van der Waals surface area contributed by atoms with Crippen LogP contribution in [0.25, 0.3) is 0 Å². The number of amides is 2. The molecular formula is C20H24Cl2N4O4. The molecule has 0 radical (unpaired) electrons. The van der Waals surface area contributed by atoms with Crippen molar-refractivity contribution in [1.82, 2.24) is 10.2 Å². The first-order valence-corrected chi connectivity index (χ1v) is 10.5. The van der Waals surface area contributed by atoms with Gasteiger partial charge in [0.1, 0.15) is 25.0 Å². The molecule has 10 heteroatoms. The number of nitriles is 1. The van der Waals surface area contributed by atoms with E-state index in [1.165, 1.54) is 13.2 Å². The summed E-state index contributed by atoms with van der Waals surface area (Å²) in [4.78, 5) is 26.1. The number of ether oxygens (including phenoxy) is 2. The predicted octanol–water partition coefficient (Wildman–Crippen LogP) is 2.59. The van der Waals surface area contributed by atoms with Crippen molar-refractivity contribution in [3.63, 3.8) is 0 Å². The van der Waals surface area contributed by atoms with Crippen molar-refractivity contribution >= 4 is 40.7 Å². The number of nitrogens with zero attached hydrogens (tertiary/aromatic N) is 2. The van der Waals surface area contributed by atoms with E-state index in [1.54, 1.807) is 11.0 Å². The molecule has 2 saturated heterocycles. The summed E-state index contributed by atoms with van der Waals surface area (Å²) in [6.45, 7) is 0.840. The van der Waals surface area contributed by atoms with Crippen LogP contribution in [0.2, 0.25) is 10.0 Å². The van der Waals surface area contributed by atoms with Gasteiger partial charge in [-0.05, 0) is 31.7 Å². The van der Waals surface area contributed by atoms with Crippen LogP contribution >= 0.6 is 23.2 Å². The Morgan fingerprint density at radius 1 is 1.30 bits per heavy atom. The van der Waals surface area contributed by atoms with Crippen LogP contribution < -0.4 is 15.4 Å². The molecule has 2 heterocycles. The van der Waals surface area contributed by atoms with E-state index < -0.39 is 0 Å². The van der Waals surface area contributed by atoms with E-state index in [0.29, 0.717) is 41.1 Å². The van der Waals surface area contributed by atoms with Gasteiger partial charge in [0.05, 0.1) is 27.8 Å². The van der Waals surface area contributed by atoms with Gasteiger partial charge in [-0.3, -0.25) is 14.9 Å². The molecule has 1 aromatic carbocycles. The van der Waals surface area contributed by atoms with Gasteiger partial charge in [0.25, 0.3) is 0 Å². The van der Waals surface area contributed by atoms with Gasteiger partial charge in [-0.15, -0.1) is 0 Å². The molecule has 2 fully saturated rings. The molecule has 0 unspecified atom stereocenters. The third kappa shape index (κ3) is 5.35. The van der Waals surface area contributed by atoms with Gasteiger partial charge in [-0.25, -0.2) is 0 Å². The van der Waals surface area contributed by atoms with Crippen LogP contribution in [0.15, 0.2) is 12.1 Å². The molecule has 30 heavy (non-hydrogen) atoms. The van der Waals surface area contributed by atoms with Gasteiger partial charge in [-0.2, -0.15) is 5.26 Å². The number of halogens is 2. The van der Waals surface area contributed by atoms with Gasteiger partial charge in [0.2, 0.25) is 11.8 Å². The molecule has 0 aromatic heterocycles. The highest BCUT2D eigenvalue weighted by molar-refractivity contribution is 6.37.